The molecule has 0 aromatic carbocycles. The van der Waals surface area contributed by atoms with E-state index in [4.69, 9.17) is 0 Å². The number of hydrogen-bond acceptors (Lipinski definition) is 3. The Hall–Kier alpha value is -1.51. The van der Waals surface area contributed by atoms with E-state index in [0.29, 0.717) is 18.8 Å². The van der Waals surface area contributed by atoms with Crippen LogP contribution >= 0.6 is 0 Å². The molecule has 0 N–H and O–H groups in total. The summed E-state index contributed by atoms with van der Waals surface area (Å²) in [5, 5.41) is 0. The minimum absolute atomic E-state index is 0.00131. The van der Waals surface area contributed by atoms with Gasteiger partial charge in [0.25, 0.3) is 0 Å². The third-order valence-electron chi connectivity index (χ3n) is 3.29. The zero-order chi connectivity index (χ0) is 11.5. The van der Waals surface area contributed by atoms with Crippen LogP contribution in [-0.2, 0) is 9.59 Å². The molecular weight excluding hydrogens is 202 g/mol. The molecule has 2 atom stereocenters. The van der Waals surface area contributed by atoms with Gasteiger partial charge in [-0.15, -0.1) is 0 Å². The van der Waals surface area contributed by atoms with E-state index in [0.717, 1.165) is 12.0 Å². The Kier molecular flexibility index (Phi) is 3.13. The molecule has 0 bridgehead atoms. The van der Waals surface area contributed by atoms with E-state index in [2.05, 4.69) is 4.98 Å². The Morgan fingerprint density at radius 2 is 2.31 bits per heavy atom. The van der Waals surface area contributed by atoms with E-state index >= 15 is 0 Å². The van der Waals surface area contributed by atoms with Crippen molar-refractivity contribution in [3.63, 3.8) is 0 Å². The number of ketones is 2. The lowest BCUT2D eigenvalue weighted by Gasteiger charge is -2.26. The zero-order valence-electron chi connectivity index (χ0n) is 9.35. The highest BCUT2D eigenvalue weighted by Crippen LogP contribution is 2.34. The summed E-state index contributed by atoms with van der Waals surface area (Å²) >= 11 is 0. The fourth-order valence-electron chi connectivity index (χ4n) is 2.34. The van der Waals surface area contributed by atoms with E-state index in [9.17, 15) is 9.59 Å². The monoisotopic (exact) mass is 217 g/mol. The summed E-state index contributed by atoms with van der Waals surface area (Å²) in [4.78, 5) is 27.0. The minimum Gasteiger partial charge on any atom is -0.299 e. The molecule has 0 unspecified atom stereocenters. The molecule has 84 valence electrons. The highest BCUT2D eigenvalue weighted by atomic mass is 16.1. The molecule has 1 saturated carbocycles. The summed E-state index contributed by atoms with van der Waals surface area (Å²) in [6.07, 6.45) is 5.58. The SMILES string of the molecule is CC(=O)[C@@H]1C[C@@H](c2cccnc2)CCC1=O. The topological polar surface area (TPSA) is 47.0 Å². The van der Waals surface area contributed by atoms with Gasteiger partial charge in [0.05, 0.1) is 5.92 Å². The molecule has 2 rings (SSSR count). The Balaban J connectivity index is 2.15. The van der Waals surface area contributed by atoms with Crippen LogP contribution in [0.4, 0.5) is 0 Å². The number of carbonyl (C=O) groups is 2. The Labute approximate surface area is 94.9 Å². The van der Waals surface area contributed by atoms with Gasteiger partial charge in [-0.05, 0) is 37.3 Å². The van der Waals surface area contributed by atoms with E-state index in [1.165, 1.54) is 6.92 Å². The van der Waals surface area contributed by atoms with Crippen molar-refractivity contribution in [1.82, 2.24) is 4.98 Å². The number of nitrogens with zero attached hydrogens (tertiary/aromatic N) is 1. The van der Waals surface area contributed by atoms with Crippen molar-refractivity contribution < 1.29 is 9.59 Å². The van der Waals surface area contributed by atoms with Crippen LogP contribution in [0, 0.1) is 5.92 Å². The van der Waals surface area contributed by atoms with Crippen LogP contribution in [0.1, 0.15) is 37.7 Å². The van der Waals surface area contributed by atoms with Crippen LogP contribution in [0.15, 0.2) is 24.5 Å². The molecule has 0 aliphatic heterocycles. The van der Waals surface area contributed by atoms with E-state index < -0.39 is 0 Å². The fourth-order valence-corrected chi connectivity index (χ4v) is 2.34. The Bertz CT molecular complexity index is 400. The van der Waals surface area contributed by atoms with Gasteiger partial charge in [-0.2, -0.15) is 0 Å². The molecule has 0 saturated heterocycles. The van der Waals surface area contributed by atoms with Gasteiger partial charge >= 0.3 is 0 Å². The third-order valence-corrected chi connectivity index (χ3v) is 3.29. The molecule has 3 nitrogen and oxygen atoms in total. The quantitative estimate of drug-likeness (QED) is 0.713. The van der Waals surface area contributed by atoms with Gasteiger partial charge in [0.2, 0.25) is 0 Å². The summed E-state index contributed by atoms with van der Waals surface area (Å²) in [5.74, 6) is 0.0190. The van der Waals surface area contributed by atoms with Crippen molar-refractivity contribution >= 4 is 11.6 Å². The van der Waals surface area contributed by atoms with Gasteiger partial charge in [0.15, 0.2) is 0 Å². The minimum atomic E-state index is -0.390. The first-order chi connectivity index (χ1) is 7.68. The maximum atomic E-state index is 11.6. The summed E-state index contributed by atoms with van der Waals surface area (Å²) in [6, 6.07) is 3.92. The second-order valence-electron chi connectivity index (χ2n) is 4.39. The first-order valence-electron chi connectivity index (χ1n) is 5.61. The average molecular weight is 217 g/mol. The molecule has 1 aromatic rings. The van der Waals surface area contributed by atoms with Crippen molar-refractivity contribution in [2.75, 3.05) is 0 Å². The van der Waals surface area contributed by atoms with Crippen LogP contribution < -0.4 is 0 Å². The van der Waals surface area contributed by atoms with Crippen LogP contribution in [0.2, 0.25) is 0 Å². The maximum Gasteiger partial charge on any atom is 0.143 e. The fraction of sp³-hybridized carbons (Fsp3) is 0.462. The van der Waals surface area contributed by atoms with Crippen LogP contribution in [0.5, 0.6) is 0 Å². The van der Waals surface area contributed by atoms with Crippen molar-refractivity contribution in [2.45, 2.75) is 32.1 Å². The van der Waals surface area contributed by atoms with Gasteiger partial charge in [0.1, 0.15) is 11.6 Å². The lowest BCUT2D eigenvalue weighted by molar-refractivity contribution is -0.133. The van der Waals surface area contributed by atoms with E-state index in [1.807, 2.05) is 18.3 Å². The van der Waals surface area contributed by atoms with Crippen molar-refractivity contribution in [1.29, 1.82) is 0 Å². The summed E-state index contributed by atoms with van der Waals surface area (Å²) in [6.45, 7) is 1.51. The summed E-state index contributed by atoms with van der Waals surface area (Å²) < 4.78 is 0. The smallest absolute Gasteiger partial charge is 0.143 e. The molecule has 0 radical (unpaired) electrons. The molecule has 1 aliphatic carbocycles. The predicted octanol–water partition coefficient (Wildman–Crippen LogP) is 2.12. The highest BCUT2D eigenvalue weighted by molar-refractivity contribution is 6.01. The first kappa shape index (κ1) is 11.0. The molecule has 3 heteroatoms. The van der Waals surface area contributed by atoms with Crippen LogP contribution in [0.3, 0.4) is 0 Å². The normalized spacial score (nSPS) is 25.4. The Morgan fingerprint density at radius 1 is 1.50 bits per heavy atom. The number of pyridine rings is 1. The molecule has 16 heavy (non-hydrogen) atoms. The number of aromatic nitrogens is 1. The number of hydrogen-bond donors (Lipinski definition) is 0. The summed E-state index contributed by atoms with van der Waals surface area (Å²) in [5.41, 5.74) is 1.14. The third kappa shape index (κ3) is 2.18. The van der Waals surface area contributed by atoms with Crippen LogP contribution in [-0.4, -0.2) is 16.6 Å². The molecular formula is C13H15NO2. The molecule has 0 amide bonds. The second kappa shape index (κ2) is 4.56. The van der Waals surface area contributed by atoms with Crippen molar-refractivity contribution in [3.8, 4) is 0 Å². The predicted molar refractivity (Wildman–Crippen MR) is 60.0 cm³/mol. The average Bonchev–Trinajstić information content (AvgIpc) is 2.30. The van der Waals surface area contributed by atoms with Crippen molar-refractivity contribution in [3.05, 3.63) is 30.1 Å². The van der Waals surface area contributed by atoms with Gasteiger partial charge in [0, 0.05) is 18.8 Å². The first-order valence-corrected chi connectivity index (χ1v) is 5.61. The van der Waals surface area contributed by atoms with Gasteiger partial charge in [-0.3, -0.25) is 14.6 Å². The lowest BCUT2D eigenvalue weighted by atomic mass is 9.76. The molecule has 1 aromatic heterocycles. The van der Waals surface area contributed by atoms with Gasteiger partial charge < -0.3 is 0 Å². The largest absolute Gasteiger partial charge is 0.299 e. The van der Waals surface area contributed by atoms with Gasteiger partial charge in [-0.25, -0.2) is 0 Å². The molecule has 1 fully saturated rings. The van der Waals surface area contributed by atoms with Gasteiger partial charge in [-0.1, -0.05) is 6.07 Å². The maximum absolute atomic E-state index is 11.6. The Morgan fingerprint density at radius 3 is 2.94 bits per heavy atom. The van der Waals surface area contributed by atoms with Crippen LogP contribution in [0.25, 0.3) is 0 Å². The molecule has 1 heterocycles. The van der Waals surface area contributed by atoms with E-state index in [-0.39, 0.29) is 17.5 Å². The number of carbonyl (C=O) groups excluding carboxylic acids is 2. The van der Waals surface area contributed by atoms with E-state index in [1.54, 1.807) is 6.20 Å². The van der Waals surface area contributed by atoms with Crippen molar-refractivity contribution in [2.24, 2.45) is 5.92 Å². The molecule has 1 aliphatic rings. The number of rotatable bonds is 2. The molecule has 0 spiro atoms. The second-order valence-corrected chi connectivity index (χ2v) is 4.39. The lowest BCUT2D eigenvalue weighted by Crippen LogP contribution is -2.29. The standard InChI is InChI=1S/C13H15NO2/c1-9(15)12-7-10(4-5-13(12)16)11-3-2-6-14-8-11/h2-3,6,8,10,12H,4-5,7H2,1H3/t10-,12-/m0/s1. The summed E-state index contributed by atoms with van der Waals surface area (Å²) in [7, 11) is 0. The highest BCUT2D eigenvalue weighted by Gasteiger charge is 2.32. The number of Topliss-reactive ketones (excluding diaryl/α,β-unsaturated/α-hetero) is 2. The zero-order valence-corrected chi connectivity index (χ0v) is 9.35.